The highest BCUT2D eigenvalue weighted by Gasteiger charge is 2.17. The van der Waals surface area contributed by atoms with Gasteiger partial charge < -0.3 is 9.26 Å². The molecule has 0 fully saturated rings. The summed E-state index contributed by atoms with van der Waals surface area (Å²) < 4.78 is 34.3. The van der Waals surface area contributed by atoms with Crippen molar-refractivity contribution in [1.82, 2.24) is 10.1 Å². The van der Waals surface area contributed by atoms with Gasteiger partial charge in [-0.25, -0.2) is 8.42 Å². The van der Waals surface area contributed by atoms with Crippen LogP contribution in [-0.2, 0) is 26.0 Å². The number of nitrogens with zero attached hydrogens (tertiary/aromatic N) is 2. The molecular weight excluding hydrogens is 392 g/mol. The number of carbonyl (C=O) groups is 1. The highest BCUT2D eigenvalue weighted by atomic mass is 35.5. The topological polar surface area (TPSA) is 99.4 Å². The normalized spacial score (nSPS) is 11.3. The van der Waals surface area contributed by atoms with Crippen LogP contribution in [0, 0.1) is 0 Å². The molecule has 0 aliphatic carbocycles. The number of aromatic nitrogens is 2. The van der Waals surface area contributed by atoms with Gasteiger partial charge in [-0.15, -0.1) is 0 Å². The van der Waals surface area contributed by atoms with E-state index in [9.17, 15) is 13.2 Å². The summed E-state index contributed by atoms with van der Waals surface area (Å²) in [5.74, 6) is -0.556. The van der Waals surface area contributed by atoms with Gasteiger partial charge in [0.1, 0.15) is 0 Å². The van der Waals surface area contributed by atoms with Crippen molar-refractivity contribution in [1.29, 1.82) is 0 Å². The van der Waals surface area contributed by atoms with Crippen molar-refractivity contribution in [3.05, 3.63) is 65.5 Å². The molecule has 9 heteroatoms. The van der Waals surface area contributed by atoms with Crippen LogP contribution in [0.5, 0.6) is 0 Å². The molecule has 3 aromatic rings. The summed E-state index contributed by atoms with van der Waals surface area (Å²) in [7, 11) is -3.54. The average molecular weight is 407 g/mol. The van der Waals surface area contributed by atoms with Crippen molar-refractivity contribution in [2.24, 2.45) is 0 Å². The first-order chi connectivity index (χ1) is 12.9. The van der Waals surface area contributed by atoms with Gasteiger partial charge in [0.05, 0.1) is 17.1 Å². The van der Waals surface area contributed by atoms with Gasteiger partial charge in [-0.2, -0.15) is 4.98 Å². The number of ether oxygens (including phenoxy) is 1. The fraction of sp³-hybridized carbons (Fsp3) is 0.167. The summed E-state index contributed by atoms with van der Waals surface area (Å²) in [4.78, 5) is 16.1. The molecule has 0 aliphatic rings. The van der Waals surface area contributed by atoms with E-state index < -0.39 is 15.8 Å². The number of halogens is 1. The van der Waals surface area contributed by atoms with Crippen molar-refractivity contribution in [3.8, 4) is 11.4 Å². The molecule has 0 radical (unpaired) electrons. The van der Waals surface area contributed by atoms with E-state index in [-0.39, 0.29) is 29.6 Å². The van der Waals surface area contributed by atoms with E-state index in [1.807, 2.05) is 0 Å². The zero-order valence-corrected chi connectivity index (χ0v) is 15.6. The second-order valence-corrected chi connectivity index (χ2v) is 8.11. The number of sulfone groups is 1. The second-order valence-electron chi connectivity index (χ2n) is 5.56. The van der Waals surface area contributed by atoms with E-state index in [1.54, 1.807) is 42.5 Å². The van der Waals surface area contributed by atoms with E-state index in [4.69, 9.17) is 20.9 Å². The maximum atomic E-state index is 12.1. The molecule has 1 aromatic heterocycles. The largest absolute Gasteiger partial charge is 0.456 e. The monoisotopic (exact) mass is 406 g/mol. The number of hydrogen-bond acceptors (Lipinski definition) is 7. The Kier molecular flexibility index (Phi) is 5.88. The molecule has 7 nitrogen and oxygen atoms in total. The molecule has 27 heavy (non-hydrogen) atoms. The molecule has 3 rings (SSSR count). The molecule has 2 aromatic carbocycles. The molecule has 0 N–H and O–H groups in total. The lowest BCUT2D eigenvalue weighted by Gasteiger charge is -2.04. The van der Waals surface area contributed by atoms with E-state index in [1.165, 1.54) is 12.1 Å². The van der Waals surface area contributed by atoms with E-state index in [0.717, 1.165) is 0 Å². The number of carbonyl (C=O) groups excluding carboxylic acids is 1. The smallest absolute Gasteiger partial charge is 0.307 e. The molecule has 0 bridgehead atoms. The molecule has 0 saturated heterocycles. The number of benzene rings is 2. The van der Waals surface area contributed by atoms with Gasteiger partial charge >= 0.3 is 5.97 Å². The fourth-order valence-electron chi connectivity index (χ4n) is 2.21. The minimum atomic E-state index is -3.54. The van der Waals surface area contributed by atoms with Crippen LogP contribution in [0.1, 0.15) is 12.3 Å². The predicted octanol–water partition coefficient (Wildman–Crippen LogP) is 3.30. The van der Waals surface area contributed by atoms with Crippen molar-refractivity contribution in [2.75, 3.05) is 5.75 Å². The third kappa shape index (κ3) is 5.15. The van der Waals surface area contributed by atoms with Gasteiger partial charge in [-0.3, -0.25) is 4.79 Å². The summed E-state index contributed by atoms with van der Waals surface area (Å²) >= 11 is 5.83. The lowest BCUT2D eigenvalue weighted by atomic mass is 10.2. The van der Waals surface area contributed by atoms with E-state index >= 15 is 0 Å². The lowest BCUT2D eigenvalue weighted by Crippen LogP contribution is -2.13. The summed E-state index contributed by atoms with van der Waals surface area (Å²) in [6.45, 7) is -0.231. The molecule has 0 unspecified atom stereocenters. The number of esters is 1. The number of rotatable bonds is 7. The summed E-state index contributed by atoms with van der Waals surface area (Å²) in [5.41, 5.74) is 0.703. The highest BCUT2D eigenvalue weighted by molar-refractivity contribution is 7.91. The molecule has 0 aliphatic heterocycles. The van der Waals surface area contributed by atoms with E-state index in [0.29, 0.717) is 16.4 Å². The van der Waals surface area contributed by atoms with Crippen molar-refractivity contribution < 1.29 is 22.5 Å². The molecule has 1 heterocycles. The summed E-state index contributed by atoms with van der Waals surface area (Å²) in [5, 5.41) is 4.39. The van der Waals surface area contributed by atoms with Crippen LogP contribution in [0.3, 0.4) is 0 Å². The molecule has 140 valence electrons. The van der Waals surface area contributed by atoms with Gasteiger partial charge in [0.25, 0.3) is 5.89 Å². The second kappa shape index (κ2) is 8.32. The minimum absolute atomic E-state index is 0.110. The van der Waals surface area contributed by atoms with Crippen LogP contribution in [0.2, 0.25) is 5.02 Å². The number of hydrogen-bond donors (Lipinski definition) is 0. The first-order valence-electron chi connectivity index (χ1n) is 7.96. The Morgan fingerprint density at radius 3 is 2.48 bits per heavy atom. The summed E-state index contributed by atoms with van der Waals surface area (Å²) in [6, 6.07) is 14.8. The first kappa shape index (κ1) is 19.1. The van der Waals surface area contributed by atoms with Gasteiger partial charge in [0.15, 0.2) is 16.4 Å². The standard InChI is InChI=1S/C18H15ClN2O5S/c19-14-8-6-13(7-9-14)18-20-16(26-21-18)12-25-17(22)10-11-27(23,24)15-4-2-1-3-5-15/h1-9H,10-12H2. The average Bonchev–Trinajstić information content (AvgIpc) is 3.15. The first-order valence-corrected chi connectivity index (χ1v) is 9.99. The Bertz CT molecular complexity index is 1020. The lowest BCUT2D eigenvalue weighted by molar-refractivity contribution is -0.145. The van der Waals surface area contributed by atoms with Crippen LogP contribution in [0.25, 0.3) is 11.4 Å². The van der Waals surface area contributed by atoms with Crippen molar-refractivity contribution >= 4 is 27.4 Å². The van der Waals surface area contributed by atoms with Crippen molar-refractivity contribution in [2.45, 2.75) is 17.9 Å². The van der Waals surface area contributed by atoms with Gasteiger partial charge in [0, 0.05) is 10.6 Å². The van der Waals surface area contributed by atoms with Crippen LogP contribution in [0.15, 0.2) is 64.0 Å². The fourth-order valence-corrected chi connectivity index (χ4v) is 3.58. The van der Waals surface area contributed by atoms with Crippen LogP contribution < -0.4 is 0 Å². The zero-order chi connectivity index (χ0) is 19.3. The molecular formula is C18H15ClN2O5S. The van der Waals surface area contributed by atoms with Crippen LogP contribution in [0.4, 0.5) is 0 Å². The zero-order valence-electron chi connectivity index (χ0n) is 14.0. The minimum Gasteiger partial charge on any atom is -0.456 e. The SMILES string of the molecule is O=C(CCS(=O)(=O)c1ccccc1)OCc1nc(-c2ccc(Cl)cc2)no1. The molecule has 0 atom stereocenters. The van der Waals surface area contributed by atoms with E-state index in [2.05, 4.69) is 10.1 Å². The molecule has 0 saturated carbocycles. The van der Waals surface area contributed by atoms with Gasteiger partial charge in [-0.1, -0.05) is 35.0 Å². The Balaban J connectivity index is 1.52. The van der Waals surface area contributed by atoms with Gasteiger partial charge in [0.2, 0.25) is 5.82 Å². The van der Waals surface area contributed by atoms with Crippen molar-refractivity contribution in [3.63, 3.8) is 0 Å². The Morgan fingerprint density at radius 1 is 1.07 bits per heavy atom. The predicted molar refractivity (Wildman–Crippen MR) is 97.7 cm³/mol. The quantitative estimate of drug-likeness (QED) is 0.555. The van der Waals surface area contributed by atoms with Gasteiger partial charge in [-0.05, 0) is 36.4 Å². The third-order valence-electron chi connectivity index (χ3n) is 3.60. The van der Waals surface area contributed by atoms with Crippen LogP contribution >= 0.6 is 11.6 Å². The molecule has 0 amide bonds. The van der Waals surface area contributed by atoms with Crippen LogP contribution in [-0.4, -0.2) is 30.3 Å². The Labute approximate surface area is 160 Å². The summed E-state index contributed by atoms with van der Waals surface area (Å²) in [6.07, 6.45) is -0.268. The third-order valence-corrected chi connectivity index (χ3v) is 5.59. The highest BCUT2D eigenvalue weighted by Crippen LogP contribution is 2.19. The Hall–Kier alpha value is -2.71. The maximum Gasteiger partial charge on any atom is 0.307 e. The maximum absolute atomic E-state index is 12.1. The Morgan fingerprint density at radius 2 is 1.78 bits per heavy atom. The molecule has 0 spiro atoms.